The minimum Gasteiger partial charge on any atom is -0.469 e. The SMILES string of the molecule is CCNCc1cc(CN(C)Cc2ccoc2C)oc1C. The molecule has 0 amide bonds. The fraction of sp³-hybridized carbons (Fsp3) is 0.500. The summed E-state index contributed by atoms with van der Waals surface area (Å²) in [6.07, 6.45) is 1.74. The van der Waals surface area contributed by atoms with Crippen molar-refractivity contribution < 1.29 is 8.83 Å². The van der Waals surface area contributed by atoms with Crippen molar-refractivity contribution in [1.82, 2.24) is 10.2 Å². The molecule has 0 spiro atoms. The van der Waals surface area contributed by atoms with Gasteiger partial charge in [0.1, 0.15) is 17.3 Å². The lowest BCUT2D eigenvalue weighted by Gasteiger charge is -2.14. The highest BCUT2D eigenvalue weighted by Crippen LogP contribution is 2.18. The summed E-state index contributed by atoms with van der Waals surface area (Å²) in [6.45, 7) is 9.64. The average molecular weight is 276 g/mol. The molecule has 0 saturated carbocycles. The van der Waals surface area contributed by atoms with E-state index >= 15 is 0 Å². The fourth-order valence-electron chi connectivity index (χ4n) is 2.29. The highest BCUT2D eigenvalue weighted by Gasteiger charge is 2.11. The van der Waals surface area contributed by atoms with Crippen LogP contribution in [0.2, 0.25) is 0 Å². The van der Waals surface area contributed by atoms with E-state index in [4.69, 9.17) is 8.83 Å². The quantitative estimate of drug-likeness (QED) is 0.843. The standard InChI is InChI=1S/C16H24N2O2/c1-5-17-9-15-8-16(20-13(15)3)11-18(4)10-14-6-7-19-12(14)2/h6-8,17H,5,9-11H2,1-4H3. The van der Waals surface area contributed by atoms with E-state index in [1.165, 1.54) is 11.1 Å². The monoisotopic (exact) mass is 276 g/mol. The number of rotatable bonds is 7. The third-order valence-corrected chi connectivity index (χ3v) is 3.47. The maximum Gasteiger partial charge on any atom is 0.118 e. The molecule has 2 aromatic heterocycles. The maximum atomic E-state index is 5.83. The van der Waals surface area contributed by atoms with Crippen LogP contribution in [0.25, 0.3) is 0 Å². The first kappa shape index (κ1) is 14.9. The van der Waals surface area contributed by atoms with E-state index in [1.807, 2.05) is 19.9 Å². The second kappa shape index (κ2) is 6.77. The van der Waals surface area contributed by atoms with Gasteiger partial charge < -0.3 is 14.2 Å². The van der Waals surface area contributed by atoms with E-state index in [0.717, 1.165) is 43.5 Å². The summed E-state index contributed by atoms with van der Waals surface area (Å²) in [5.74, 6) is 3.01. The first-order valence-corrected chi connectivity index (χ1v) is 7.10. The second-order valence-corrected chi connectivity index (χ2v) is 5.25. The number of nitrogens with zero attached hydrogens (tertiary/aromatic N) is 1. The predicted molar refractivity (Wildman–Crippen MR) is 79.4 cm³/mol. The molecule has 0 aromatic carbocycles. The highest BCUT2D eigenvalue weighted by atomic mass is 16.3. The van der Waals surface area contributed by atoms with Gasteiger partial charge in [0.25, 0.3) is 0 Å². The molecular formula is C16H24N2O2. The molecule has 2 heterocycles. The van der Waals surface area contributed by atoms with Crippen LogP contribution in [0.3, 0.4) is 0 Å². The number of aryl methyl sites for hydroxylation is 2. The van der Waals surface area contributed by atoms with Crippen molar-refractivity contribution >= 4 is 0 Å². The van der Waals surface area contributed by atoms with E-state index in [9.17, 15) is 0 Å². The van der Waals surface area contributed by atoms with Crippen molar-refractivity contribution in [2.75, 3.05) is 13.6 Å². The number of hydrogen-bond donors (Lipinski definition) is 1. The summed E-state index contributed by atoms with van der Waals surface area (Å²) < 4.78 is 11.2. The first-order valence-electron chi connectivity index (χ1n) is 7.10. The van der Waals surface area contributed by atoms with Crippen molar-refractivity contribution in [3.8, 4) is 0 Å². The molecule has 0 saturated heterocycles. The third kappa shape index (κ3) is 3.74. The molecule has 0 aliphatic rings. The molecular weight excluding hydrogens is 252 g/mol. The Kier molecular flexibility index (Phi) is 5.04. The van der Waals surface area contributed by atoms with Crippen LogP contribution in [0.4, 0.5) is 0 Å². The van der Waals surface area contributed by atoms with Gasteiger partial charge >= 0.3 is 0 Å². The largest absolute Gasteiger partial charge is 0.469 e. The summed E-state index contributed by atoms with van der Waals surface area (Å²) in [5.41, 5.74) is 2.47. The Labute approximate surface area is 120 Å². The van der Waals surface area contributed by atoms with Crippen LogP contribution in [0, 0.1) is 13.8 Å². The Morgan fingerprint density at radius 2 is 1.95 bits per heavy atom. The van der Waals surface area contributed by atoms with Gasteiger partial charge in [-0.15, -0.1) is 0 Å². The molecule has 4 nitrogen and oxygen atoms in total. The van der Waals surface area contributed by atoms with Gasteiger partial charge in [0, 0.05) is 24.2 Å². The van der Waals surface area contributed by atoms with E-state index in [-0.39, 0.29) is 0 Å². The fourth-order valence-corrected chi connectivity index (χ4v) is 2.29. The van der Waals surface area contributed by atoms with Crippen LogP contribution in [-0.4, -0.2) is 18.5 Å². The molecule has 0 unspecified atom stereocenters. The van der Waals surface area contributed by atoms with Crippen LogP contribution >= 0.6 is 0 Å². The van der Waals surface area contributed by atoms with Crippen LogP contribution in [0.1, 0.15) is 35.3 Å². The molecule has 20 heavy (non-hydrogen) atoms. The molecule has 0 fully saturated rings. The Bertz CT molecular complexity index is 542. The van der Waals surface area contributed by atoms with Crippen molar-refractivity contribution in [2.24, 2.45) is 0 Å². The average Bonchev–Trinajstić information content (AvgIpc) is 2.94. The molecule has 0 aliphatic carbocycles. The Hall–Kier alpha value is -1.52. The van der Waals surface area contributed by atoms with Crippen molar-refractivity contribution in [3.63, 3.8) is 0 Å². The molecule has 0 bridgehead atoms. The van der Waals surface area contributed by atoms with Crippen molar-refractivity contribution in [2.45, 2.75) is 40.4 Å². The van der Waals surface area contributed by atoms with E-state index in [1.54, 1.807) is 6.26 Å². The molecule has 4 heteroatoms. The van der Waals surface area contributed by atoms with Gasteiger partial charge in [-0.1, -0.05) is 6.92 Å². The smallest absolute Gasteiger partial charge is 0.118 e. The number of hydrogen-bond acceptors (Lipinski definition) is 4. The zero-order chi connectivity index (χ0) is 14.5. The van der Waals surface area contributed by atoms with E-state index in [2.05, 4.69) is 30.3 Å². The van der Waals surface area contributed by atoms with Gasteiger partial charge in [0.05, 0.1) is 12.8 Å². The van der Waals surface area contributed by atoms with Crippen molar-refractivity contribution in [3.05, 3.63) is 46.8 Å². The minimum atomic E-state index is 0.803. The zero-order valence-corrected chi connectivity index (χ0v) is 12.8. The minimum absolute atomic E-state index is 0.803. The molecule has 0 atom stereocenters. The summed E-state index contributed by atoms with van der Waals surface area (Å²) in [7, 11) is 2.09. The molecule has 0 aliphatic heterocycles. The molecule has 2 rings (SSSR count). The first-order chi connectivity index (χ1) is 9.60. The predicted octanol–water partition coefficient (Wildman–Crippen LogP) is 3.23. The lowest BCUT2D eigenvalue weighted by atomic mass is 10.2. The van der Waals surface area contributed by atoms with Gasteiger partial charge in [0.2, 0.25) is 0 Å². The number of furan rings is 2. The van der Waals surface area contributed by atoms with E-state index < -0.39 is 0 Å². The number of nitrogens with one attached hydrogen (secondary N) is 1. The van der Waals surface area contributed by atoms with Crippen molar-refractivity contribution in [1.29, 1.82) is 0 Å². The summed E-state index contributed by atoms with van der Waals surface area (Å²) in [6, 6.07) is 4.17. The van der Waals surface area contributed by atoms with Gasteiger partial charge in [-0.3, -0.25) is 4.90 Å². The Morgan fingerprint density at radius 1 is 1.15 bits per heavy atom. The Balaban J connectivity index is 1.94. The lowest BCUT2D eigenvalue weighted by molar-refractivity contribution is 0.283. The van der Waals surface area contributed by atoms with E-state index in [0.29, 0.717) is 0 Å². The Morgan fingerprint density at radius 3 is 2.60 bits per heavy atom. The molecule has 0 radical (unpaired) electrons. The summed E-state index contributed by atoms with van der Waals surface area (Å²) in [5, 5.41) is 3.33. The normalized spacial score (nSPS) is 11.4. The van der Waals surface area contributed by atoms with Crippen LogP contribution in [-0.2, 0) is 19.6 Å². The van der Waals surface area contributed by atoms with Crippen LogP contribution in [0.5, 0.6) is 0 Å². The highest BCUT2D eigenvalue weighted by molar-refractivity contribution is 5.21. The summed E-state index contributed by atoms with van der Waals surface area (Å²) in [4.78, 5) is 2.23. The van der Waals surface area contributed by atoms with Gasteiger partial charge in [0.15, 0.2) is 0 Å². The molecule has 1 N–H and O–H groups in total. The van der Waals surface area contributed by atoms with Gasteiger partial charge in [-0.2, -0.15) is 0 Å². The maximum absolute atomic E-state index is 5.83. The second-order valence-electron chi connectivity index (χ2n) is 5.25. The topological polar surface area (TPSA) is 41.5 Å². The van der Waals surface area contributed by atoms with Crippen LogP contribution < -0.4 is 5.32 Å². The van der Waals surface area contributed by atoms with Gasteiger partial charge in [-0.25, -0.2) is 0 Å². The lowest BCUT2D eigenvalue weighted by Crippen LogP contribution is -2.17. The summed E-state index contributed by atoms with van der Waals surface area (Å²) >= 11 is 0. The molecule has 110 valence electrons. The molecule has 2 aromatic rings. The van der Waals surface area contributed by atoms with Crippen LogP contribution in [0.15, 0.2) is 27.2 Å². The zero-order valence-electron chi connectivity index (χ0n) is 12.8. The van der Waals surface area contributed by atoms with Gasteiger partial charge in [-0.05, 0) is 39.6 Å². The third-order valence-electron chi connectivity index (χ3n) is 3.47.